The van der Waals surface area contributed by atoms with Crippen LogP contribution in [0, 0.1) is 5.92 Å². The van der Waals surface area contributed by atoms with E-state index >= 15 is 0 Å². The number of phenols is 1. The maximum absolute atomic E-state index is 14.1. The number of aromatic hydroxyl groups is 1. The Hall–Kier alpha value is -8.32. The first-order chi connectivity index (χ1) is 39.7. The average molecular weight is 1190 g/mol. The second-order valence-corrected chi connectivity index (χ2v) is 20.2. The molecule has 2 rings (SSSR count). The predicted molar refractivity (Wildman–Crippen MR) is 302 cm³/mol. The highest BCUT2D eigenvalue weighted by atomic mass is 16.4. The monoisotopic (exact) mass is 1180 g/mol. The second-order valence-electron chi connectivity index (χ2n) is 20.2. The minimum absolute atomic E-state index is 0.00475. The normalized spacial score (nSPS) is 15.0. The molecular weight excluding hydrogens is 1100 g/mol. The lowest BCUT2D eigenvalue weighted by atomic mass is 9.96. The fraction of sp³-hybridized carbons (Fsp3) is 0.556. The summed E-state index contributed by atoms with van der Waals surface area (Å²) in [5.74, 6) is -13.1. The quantitative estimate of drug-likeness (QED) is 0.0277. The van der Waals surface area contributed by atoms with E-state index in [0.717, 1.165) is 6.92 Å². The number of hydrogen-bond donors (Lipinski definition) is 18. The number of carbonyl (C=O) groups excluding carboxylic acids is 11. The summed E-state index contributed by atoms with van der Waals surface area (Å²) >= 11 is 0. The number of carbonyl (C=O) groups is 12. The molecule has 84 heavy (non-hydrogen) atoms. The van der Waals surface area contributed by atoms with Crippen LogP contribution in [0.2, 0.25) is 0 Å². The van der Waals surface area contributed by atoms with Gasteiger partial charge in [-0.05, 0) is 101 Å². The standard InChI is InChI=1S/C54H84N14O16/c1-4-29(2)44(67-49(78)38(25-31-12-6-5-7-13-31)64-46(75)34(57)24-32-16-18-33(71)19-17-32)52(81)65-39(26-42(59)73)50(79)68-45(30(3)70)53(82)66-40(28-69)51(80)62-35(14-8-10-22-55)47(76)60-27-43(74)61-36(20-21-41(58)72)48(77)63-37(54(83)84)15-9-11-23-56/h5-7,12-13,16-19,29-30,34-40,44-45,69-71H,4,8-11,14-15,20-28,55-57H2,1-3H3,(H2,58,72)(H2,59,73)(H,60,76)(H,61,74)(H,62,80)(H,63,77)(H,64,75)(H,65,81)(H,66,82)(H,67,78)(H,68,79)(H,83,84)/t29-,30+,34-,35-,36-,37-,38-,39-,40-,44-,45-/m0/s1. The van der Waals surface area contributed by atoms with Gasteiger partial charge in [-0.2, -0.15) is 0 Å². The highest BCUT2D eigenvalue weighted by Crippen LogP contribution is 2.14. The SMILES string of the molecule is CC[C@H](C)[C@H](NC(=O)[C@H](Cc1ccccc1)NC(=O)[C@@H](N)Cc1ccc(O)cc1)C(=O)N[C@@H](CC(N)=O)C(=O)N[C@H](C(=O)N[C@@H](CO)C(=O)N[C@@H](CCCCN)C(=O)NCC(=O)N[C@@H](CCC(N)=O)C(=O)N[C@@H](CCCCN)C(=O)O)[C@@H](C)O. The van der Waals surface area contributed by atoms with Crippen LogP contribution in [0.5, 0.6) is 5.75 Å². The van der Waals surface area contributed by atoms with E-state index in [-0.39, 0.29) is 63.8 Å². The minimum atomic E-state index is -1.96. The van der Waals surface area contributed by atoms with E-state index in [1.54, 1.807) is 56.3 Å². The zero-order chi connectivity index (χ0) is 63.1. The number of carboxylic acids is 1. The molecule has 11 atom stereocenters. The number of phenolic OH excluding ortho intramolecular Hbond substituents is 1. The van der Waals surface area contributed by atoms with Gasteiger partial charge in [0, 0.05) is 12.8 Å². The Labute approximate surface area is 486 Å². The van der Waals surface area contributed by atoms with Crippen molar-refractivity contribution in [2.45, 2.75) is 158 Å². The van der Waals surface area contributed by atoms with Crippen LogP contribution in [0.4, 0.5) is 0 Å². The number of hydrogen-bond acceptors (Lipinski definition) is 18. The van der Waals surface area contributed by atoms with Crippen LogP contribution in [0.3, 0.4) is 0 Å². The highest BCUT2D eigenvalue weighted by molar-refractivity contribution is 5.99. The smallest absolute Gasteiger partial charge is 0.326 e. The molecule has 0 saturated heterocycles. The van der Waals surface area contributed by atoms with Crippen LogP contribution in [-0.2, 0) is 70.4 Å². The summed E-state index contributed by atoms with van der Waals surface area (Å²) in [5, 5.41) is 61.6. The van der Waals surface area contributed by atoms with Gasteiger partial charge in [-0.25, -0.2) is 4.79 Å². The average Bonchev–Trinajstić information content (AvgIpc) is 3.66. The van der Waals surface area contributed by atoms with Crippen molar-refractivity contribution in [3.63, 3.8) is 0 Å². The van der Waals surface area contributed by atoms with Crippen LogP contribution < -0.4 is 76.5 Å². The molecule has 0 aromatic heterocycles. The lowest BCUT2D eigenvalue weighted by molar-refractivity contribution is -0.142. The van der Waals surface area contributed by atoms with E-state index < -0.39 is 163 Å². The lowest BCUT2D eigenvalue weighted by Crippen LogP contribution is -2.63. The molecule has 30 heteroatoms. The molecule has 30 nitrogen and oxygen atoms in total. The number of aliphatic hydroxyl groups excluding tert-OH is 2. The molecule has 0 saturated carbocycles. The zero-order valence-corrected chi connectivity index (χ0v) is 47.4. The van der Waals surface area contributed by atoms with Crippen molar-refractivity contribution in [1.29, 1.82) is 0 Å². The summed E-state index contributed by atoms with van der Waals surface area (Å²) in [6, 6.07) is 0.771. The van der Waals surface area contributed by atoms with Gasteiger partial charge in [0.05, 0.1) is 31.7 Å². The first kappa shape index (κ1) is 71.8. The Bertz CT molecular complexity index is 2520. The zero-order valence-electron chi connectivity index (χ0n) is 47.4. The Kier molecular flexibility index (Phi) is 32.2. The van der Waals surface area contributed by atoms with Crippen LogP contribution in [0.15, 0.2) is 54.6 Å². The molecule has 0 aliphatic rings. The largest absolute Gasteiger partial charge is 0.508 e. The molecule has 0 aliphatic carbocycles. The summed E-state index contributed by atoms with van der Waals surface area (Å²) in [7, 11) is 0. The number of amides is 11. The van der Waals surface area contributed by atoms with Crippen LogP contribution in [0.25, 0.3) is 0 Å². The number of aliphatic hydroxyl groups is 2. The highest BCUT2D eigenvalue weighted by Gasteiger charge is 2.37. The van der Waals surface area contributed by atoms with E-state index in [0.29, 0.717) is 30.4 Å². The number of unbranched alkanes of at least 4 members (excludes halogenated alkanes) is 2. The van der Waals surface area contributed by atoms with Gasteiger partial charge in [-0.15, -0.1) is 0 Å². The molecule has 11 amide bonds. The topological polar surface area (TPSA) is 524 Å². The Morgan fingerprint density at radius 3 is 1.56 bits per heavy atom. The fourth-order valence-corrected chi connectivity index (χ4v) is 8.21. The fourth-order valence-electron chi connectivity index (χ4n) is 8.21. The van der Waals surface area contributed by atoms with Crippen molar-refractivity contribution < 1.29 is 78.0 Å². The Balaban J connectivity index is 2.27. The third-order valence-corrected chi connectivity index (χ3v) is 13.2. The summed E-state index contributed by atoms with van der Waals surface area (Å²) < 4.78 is 0. The third kappa shape index (κ3) is 26.3. The number of carboxylic acid groups (broad SMARTS) is 1. The third-order valence-electron chi connectivity index (χ3n) is 13.2. The van der Waals surface area contributed by atoms with Gasteiger partial charge in [-0.1, -0.05) is 62.7 Å². The van der Waals surface area contributed by atoms with Crippen molar-refractivity contribution >= 4 is 70.9 Å². The van der Waals surface area contributed by atoms with E-state index in [1.807, 2.05) is 0 Å². The summed E-state index contributed by atoms with van der Waals surface area (Å²) in [4.78, 5) is 158. The van der Waals surface area contributed by atoms with Crippen LogP contribution >= 0.6 is 0 Å². The molecule has 0 unspecified atom stereocenters. The lowest BCUT2D eigenvalue weighted by Gasteiger charge is -2.29. The maximum Gasteiger partial charge on any atom is 0.326 e. The number of nitrogens with one attached hydrogen (secondary N) is 9. The second kappa shape index (κ2) is 37.7. The first-order valence-electron chi connectivity index (χ1n) is 27.5. The van der Waals surface area contributed by atoms with Gasteiger partial charge in [0.15, 0.2) is 0 Å². The van der Waals surface area contributed by atoms with Gasteiger partial charge in [0.25, 0.3) is 0 Å². The molecule has 0 fully saturated rings. The molecule has 466 valence electrons. The number of benzene rings is 2. The molecule has 2 aromatic rings. The predicted octanol–water partition coefficient (Wildman–Crippen LogP) is -5.60. The van der Waals surface area contributed by atoms with Crippen molar-refractivity contribution in [1.82, 2.24) is 47.9 Å². The number of aliphatic carboxylic acids is 1. The molecule has 0 aliphatic heterocycles. The molecule has 0 radical (unpaired) electrons. The molecule has 0 heterocycles. The van der Waals surface area contributed by atoms with Crippen molar-refractivity contribution in [3.8, 4) is 5.75 Å². The van der Waals surface area contributed by atoms with Crippen molar-refractivity contribution in [2.75, 3.05) is 26.2 Å². The van der Waals surface area contributed by atoms with Gasteiger partial charge in [0.1, 0.15) is 54.1 Å². The summed E-state index contributed by atoms with van der Waals surface area (Å²) in [6.45, 7) is 2.90. The molecular formula is C54H84N14O16. The molecule has 0 bridgehead atoms. The van der Waals surface area contributed by atoms with Gasteiger partial charge in [0.2, 0.25) is 65.0 Å². The molecule has 23 N–H and O–H groups in total. The van der Waals surface area contributed by atoms with Crippen LogP contribution in [-0.4, -0.2) is 178 Å². The van der Waals surface area contributed by atoms with Crippen molar-refractivity contribution in [2.24, 2.45) is 34.6 Å². The van der Waals surface area contributed by atoms with E-state index in [1.165, 1.54) is 12.1 Å². The van der Waals surface area contributed by atoms with Gasteiger partial charge < -0.3 is 96.9 Å². The van der Waals surface area contributed by atoms with E-state index in [2.05, 4.69) is 47.9 Å². The Morgan fingerprint density at radius 1 is 0.524 bits per heavy atom. The van der Waals surface area contributed by atoms with E-state index in [4.69, 9.17) is 28.7 Å². The maximum atomic E-state index is 14.1. The minimum Gasteiger partial charge on any atom is -0.508 e. The van der Waals surface area contributed by atoms with E-state index in [9.17, 15) is 78.0 Å². The number of primary amides is 2. The van der Waals surface area contributed by atoms with Crippen molar-refractivity contribution in [3.05, 3.63) is 65.7 Å². The molecule has 2 aromatic carbocycles. The van der Waals surface area contributed by atoms with Crippen LogP contribution in [0.1, 0.15) is 96.1 Å². The van der Waals surface area contributed by atoms with Gasteiger partial charge >= 0.3 is 5.97 Å². The number of nitrogens with two attached hydrogens (primary N) is 5. The molecule has 0 spiro atoms. The summed E-state index contributed by atoms with van der Waals surface area (Å²) in [6.07, 6.45) is -1.77. The van der Waals surface area contributed by atoms with Gasteiger partial charge in [-0.3, -0.25) is 52.7 Å². The summed E-state index contributed by atoms with van der Waals surface area (Å²) in [5.41, 5.74) is 29.3. The number of rotatable bonds is 40. The first-order valence-corrected chi connectivity index (χ1v) is 27.5. The Morgan fingerprint density at radius 2 is 1.01 bits per heavy atom.